The number of hydrogen-bond acceptors (Lipinski definition) is 3. The van der Waals surface area contributed by atoms with Crippen LogP contribution in [-0.2, 0) is 32.9 Å². The van der Waals surface area contributed by atoms with Gasteiger partial charge in [-0.1, -0.05) is 66.2 Å². The van der Waals surface area contributed by atoms with Crippen LogP contribution < -0.4 is 0 Å². The fourth-order valence-electron chi connectivity index (χ4n) is 5.31. The number of aromatic nitrogens is 2. The maximum atomic E-state index is 14.9. The molecule has 0 fully saturated rings. The van der Waals surface area contributed by atoms with Gasteiger partial charge in [0.15, 0.2) is 5.16 Å². The summed E-state index contributed by atoms with van der Waals surface area (Å²) < 4.78 is 30.8. The zero-order valence-corrected chi connectivity index (χ0v) is 21.0. The average molecular weight is 473 g/mol. The van der Waals surface area contributed by atoms with E-state index in [1.54, 1.807) is 0 Å². The molecule has 6 heteroatoms. The maximum absolute atomic E-state index is 14.9. The molecular formula is C28H29N2O3P. The largest absolute Gasteiger partial charge is 0.350 e. The molecule has 5 rings (SSSR count). The van der Waals surface area contributed by atoms with Crippen molar-refractivity contribution in [1.29, 1.82) is 0 Å². The molecule has 2 aromatic heterocycles. The Kier molecular flexibility index (Phi) is 5.52. The normalized spacial score (nSPS) is 12.6. The highest BCUT2D eigenvalue weighted by atomic mass is 31.2. The monoisotopic (exact) mass is 472 g/mol. The number of benzene rings is 3. The number of aryl methyl sites for hydroxylation is 3. The van der Waals surface area contributed by atoms with Crippen LogP contribution in [0, 0.1) is 6.92 Å². The van der Waals surface area contributed by atoms with E-state index in [4.69, 9.17) is 9.05 Å². The van der Waals surface area contributed by atoms with Crippen LogP contribution in [0.5, 0.6) is 0 Å². The van der Waals surface area contributed by atoms with Gasteiger partial charge in [-0.3, -0.25) is 4.57 Å². The lowest BCUT2D eigenvalue weighted by Gasteiger charge is -2.38. The molecule has 0 N–H and O–H groups in total. The summed E-state index contributed by atoms with van der Waals surface area (Å²) in [6, 6.07) is 24.6. The van der Waals surface area contributed by atoms with E-state index in [1.165, 1.54) is 14.2 Å². The molecule has 5 aromatic rings. The van der Waals surface area contributed by atoms with Gasteiger partial charge in [-0.25, -0.2) is 0 Å². The number of para-hydroxylation sites is 2. The predicted molar refractivity (Wildman–Crippen MR) is 139 cm³/mol. The van der Waals surface area contributed by atoms with Gasteiger partial charge in [0.1, 0.15) is 0 Å². The second-order valence-electron chi connectivity index (χ2n) is 8.78. The van der Waals surface area contributed by atoms with Gasteiger partial charge in [0, 0.05) is 73.6 Å². The van der Waals surface area contributed by atoms with E-state index in [1.807, 2.05) is 57.4 Å². The van der Waals surface area contributed by atoms with Crippen molar-refractivity contribution in [2.24, 2.45) is 14.1 Å². The summed E-state index contributed by atoms with van der Waals surface area (Å²) in [5.41, 5.74) is 5.85. The zero-order valence-electron chi connectivity index (χ0n) is 20.1. The molecule has 0 aliphatic rings. The van der Waals surface area contributed by atoms with Gasteiger partial charge >= 0.3 is 7.60 Å². The van der Waals surface area contributed by atoms with Gasteiger partial charge in [-0.15, -0.1) is 0 Å². The first kappa shape index (κ1) is 22.7. The van der Waals surface area contributed by atoms with Crippen molar-refractivity contribution in [3.05, 3.63) is 107 Å². The number of fused-ring (bicyclic) bond motifs is 2. The second-order valence-corrected chi connectivity index (χ2v) is 11.2. The van der Waals surface area contributed by atoms with Crippen molar-refractivity contribution in [3.8, 4) is 0 Å². The highest BCUT2D eigenvalue weighted by Gasteiger charge is 2.56. The van der Waals surface area contributed by atoms with E-state index in [-0.39, 0.29) is 0 Å². The van der Waals surface area contributed by atoms with Crippen LogP contribution in [-0.4, -0.2) is 23.4 Å². The summed E-state index contributed by atoms with van der Waals surface area (Å²) in [5, 5.41) is 0.812. The lowest BCUT2D eigenvalue weighted by molar-refractivity contribution is 0.259. The SMILES string of the molecule is COP(=O)(OC)C(c1ccc(C)cc1)(c1cn(C)c2ccccc12)c1cn(C)c2ccccc12. The molecule has 0 saturated carbocycles. The van der Waals surface area contributed by atoms with Gasteiger partial charge < -0.3 is 18.2 Å². The average Bonchev–Trinajstić information content (AvgIpc) is 3.38. The Morgan fingerprint density at radius 1 is 0.706 bits per heavy atom. The van der Waals surface area contributed by atoms with E-state index < -0.39 is 12.8 Å². The Labute approximate surface area is 200 Å². The molecule has 5 nitrogen and oxygen atoms in total. The zero-order chi connectivity index (χ0) is 24.1. The molecule has 0 amide bonds. The first-order valence-electron chi connectivity index (χ1n) is 11.2. The van der Waals surface area contributed by atoms with E-state index in [0.717, 1.165) is 44.1 Å². The van der Waals surface area contributed by atoms with E-state index in [2.05, 4.69) is 57.9 Å². The highest BCUT2D eigenvalue weighted by molar-refractivity contribution is 7.55. The van der Waals surface area contributed by atoms with Crippen LogP contribution in [0.1, 0.15) is 22.3 Å². The van der Waals surface area contributed by atoms with Gasteiger partial charge in [-0.2, -0.15) is 0 Å². The number of rotatable bonds is 6. The van der Waals surface area contributed by atoms with Gasteiger partial charge in [0.2, 0.25) is 0 Å². The lowest BCUT2D eigenvalue weighted by atomic mass is 9.83. The molecule has 0 radical (unpaired) electrons. The van der Waals surface area contributed by atoms with Crippen molar-refractivity contribution >= 4 is 29.4 Å². The molecule has 2 heterocycles. The molecule has 174 valence electrons. The molecule has 3 aromatic carbocycles. The highest BCUT2D eigenvalue weighted by Crippen LogP contribution is 2.71. The Balaban J connectivity index is 2.06. The molecule has 0 unspecified atom stereocenters. The van der Waals surface area contributed by atoms with Crippen molar-refractivity contribution in [2.75, 3.05) is 14.2 Å². The molecular weight excluding hydrogens is 443 g/mol. The van der Waals surface area contributed by atoms with Crippen LogP contribution in [0.25, 0.3) is 21.8 Å². The molecule has 0 spiro atoms. The maximum Gasteiger partial charge on any atom is 0.349 e. The Morgan fingerprint density at radius 2 is 1.15 bits per heavy atom. The molecule has 34 heavy (non-hydrogen) atoms. The number of nitrogens with zero attached hydrogens (tertiary/aromatic N) is 2. The molecule has 0 aliphatic heterocycles. The van der Waals surface area contributed by atoms with Crippen molar-refractivity contribution in [3.63, 3.8) is 0 Å². The molecule has 0 atom stereocenters. The first-order chi connectivity index (χ1) is 16.4. The Bertz CT molecular complexity index is 1460. The van der Waals surface area contributed by atoms with E-state index >= 15 is 0 Å². The van der Waals surface area contributed by atoms with E-state index in [9.17, 15) is 4.57 Å². The van der Waals surface area contributed by atoms with Gasteiger partial charge in [-0.05, 0) is 24.6 Å². The lowest BCUT2D eigenvalue weighted by Crippen LogP contribution is -2.31. The third kappa shape index (κ3) is 3.05. The fraction of sp³-hybridized carbons (Fsp3) is 0.214. The molecule has 0 bridgehead atoms. The predicted octanol–water partition coefficient (Wildman–Crippen LogP) is 6.76. The van der Waals surface area contributed by atoms with Crippen molar-refractivity contribution in [2.45, 2.75) is 12.1 Å². The molecule has 0 saturated heterocycles. The summed E-state index contributed by atoms with van der Waals surface area (Å²) in [6.07, 6.45) is 4.13. The minimum absolute atomic E-state index is 0.859. The molecule has 0 aliphatic carbocycles. The number of hydrogen-bond donors (Lipinski definition) is 0. The van der Waals surface area contributed by atoms with Gasteiger partial charge in [0.25, 0.3) is 0 Å². The van der Waals surface area contributed by atoms with Crippen LogP contribution in [0.4, 0.5) is 0 Å². The van der Waals surface area contributed by atoms with Crippen LogP contribution in [0.3, 0.4) is 0 Å². The minimum Gasteiger partial charge on any atom is -0.350 e. The van der Waals surface area contributed by atoms with Gasteiger partial charge in [0.05, 0.1) is 0 Å². The smallest absolute Gasteiger partial charge is 0.349 e. The summed E-state index contributed by atoms with van der Waals surface area (Å²) >= 11 is 0. The topological polar surface area (TPSA) is 45.4 Å². The summed E-state index contributed by atoms with van der Waals surface area (Å²) in [5.74, 6) is 0. The third-order valence-electron chi connectivity index (χ3n) is 6.93. The Hall–Kier alpha value is -3.11. The van der Waals surface area contributed by atoms with Crippen molar-refractivity contribution < 1.29 is 13.6 Å². The van der Waals surface area contributed by atoms with Crippen molar-refractivity contribution in [1.82, 2.24) is 9.13 Å². The van der Waals surface area contributed by atoms with Crippen LogP contribution in [0.15, 0.2) is 85.2 Å². The standard InChI is InChI=1S/C28H29N2O3P/c1-20-14-16-21(17-15-20)28(34(31,32-4)33-5,24-18-29(2)26-12-8-6-10-22(24)26)25-19-30(3)27-13-9-7-11-23(25)27/h6-19H,1-5H3. The first-order valence-corrected chi connectivity index (χ1v) is 12.8. The summed E-state index contributed by atoms with van der Waals surface area (Å²) in [4.78, 5) is 0. The quantitative estimate of drug-likeness (QED) is 0.257. The minimum atomic E-state index is -3.81. The fourth-order valence-corrected chi connectivity index (χ4v) is 7.42. The van der Waals surface area contributed by atoms with Crippen LogP contribution >= 0.6 is 7.60 Å². The second kappa shape index (κ2) is 8.28. The summed E-state index contributed by atoms with van der Waals surface area (Å²) in [6.45, 7) is 2.05. The van der Waals surface area contributed by atoms with Crippen LogP contribution in [0.2, 0.25) is 0 Å². The Morgan fingerprint density at radius 3 is 1.59 bits per heavy atom. The van der Waals surface area contributed by atoms with E-state index in [0.29, 0.717) is 0 Å². The third-order valence-corrected chi connectivity index (χ3v) is 9.46. The summed E-state index contributed by atoms with van der Waals surface area (Å²) in [7, 11) is 3.17.